The zero-order valence-corrected chi connectivity index (χ0v) is 18.5. The standard InChI is InChI=1S/C24H32N4O2/c1-16(2)17(3)28-14-19-7-6-8-22(21(19)15-28)25-13-23(29)26-20-11-9-18(10-12-20)24(30)27(4)5/h6-12,16-17,25H,13-15H2,1-5H3,(H,26,29). The monoisotopic (exact) mass is 408 g/mol. The summed E-state index contributed by atoms with van der Waals surface area (Å²) >= 11 is 0. The van der Waals surface area contributed by atoms with Gasteiger partial charge >= 0.3 is 0 Å². The van der Waals surface area contributed by atoms with Crippen LogP contribution in [-0.4, -0.2) is 48.3 Å². The Balaban J connectivity index is 1.58. The summed E-state index contributed by atoms with van der Waals surface area (Å²) in [7, 11) is 3.43. The van der Waals surface area contributed by atoms with E-state index in [1.807, 2.05) is 12.1 Å². The lowest BCUT2D eigenvalue weighted by molar-refractivity contribution is -0.114. The van der Waals surface area contributed by atoms with Gasteiger partial charge in [0.2, 0.25) is 5.91 Å². The van der Waals surface area contributed by atoms with Gasteiger partial charge in [-0.1, -0.05) is 26.0 Å². The number of nitrogens with zero attached hydrogens (tertiary/aromatic N) is 2. The molecule has 30 heavy (non-hydrogen) atoms. The molecular weight excluding hydrogens is 376 g/mol. The molecule has 0 spiro atoms. The molecule has 1 unspecified atom stereocenters. The largest absolute Gasteiger partial charge is 0.376 e. The Morgan fingerprint density at radius 2 is 1.73 bits per heavy atom. The van der Waals surface area contributed by atoms with Crippen molar-refractivity contribution in [2.75, 3.05) is 31.3 Å². The van der Waals surface area contributed by atoms with Crippen LogP contribution in [-0.2, 0) is 17.9 Å². The number of amides is 2. The zero-order valence-electron chi connectivity index (χ0n) is 18.5. The summed E-state index contributed by atoms with van der Waals surface area (Å²) in [5.74, 6) is 0.416. The summed E-state index contributed by atoms with van der Waals surface area (Å²) in [5, 5.41) is 6.18. The first-order valence-electron chi connectivity index (χ1n) is 10.5. The van der Waals surface area contributed by atoms with Crippen LogP contribution < -0.4 is 10.6 Å². The lowest BCUT2D eigenvalue weighted by atomic mass is 10.1. The van der Waals surface area contributed by atoms with E-state index in [0.717, 1.165) is 18.8 Å². The number of rotatable bonds is 7. The molecule has 6 nitrogen and oxygen atoms in total. The van der Waals surface area contributed by atoms with Crippen LogP contribution in [0, 0.1) is 5.92 Å². The maximum Gasteiger partial charge on any atom is 0.253 e. The predicted molar refractivity (Wildman–Crippen MR) is 122 cm³/mol. The smallest absolute Gasteiger partial charge is 0.253 e. The zero-order chi connectivity index (χ0) is 21.8. The minimum Gasteiger partial charge on any atom is -0.376 e. The second-order valence-corrected chi connectivity index (χ2v) is 8.51. The summed E-state index contributed by atoms with van der Waals surface area (Å²) in [6, 6.07) is 13.7. The maximum absolute atomic E-state index is 12.4. The summed E-state index contributed by atoms with van der Waals surface area (Å²) in [6.45, 7) is 8.82. The Kier molecular flexibility index (Phi) is 6.77. The molecule has 2 aromatic rings. The van der Waals surface area contributed by atoms with Crippen molar-refractivity contribution in [3.8, 4) is 0 Å². The molecule has 0 aliphatic carbocycles. The van der Waals surface area contributed by atoms with Crippen molar-refractivity contribution in [3.05, 3.63) is 59.2 Å². The minimum atomic E-state index is -0.121. The van der Waals surface area contributed by atoms with Crippen molar-refractivity contribution in [1.29, 1.82) is 0 Å². The van der Waals surface area contributed by atoms with Crippen LogP contribution in [0.4, 0.5) is 11.4 Å². The molecule has 0 saturated carbocycles. The lowest BCUT2D eigenvalue weighted by Gasteiger charge is -2.27. The number of benzene rings is 2. The van der Waals surface area contributed by atoms with E-state index in [2.05, 4.69) is 42.4 Å². The molecule has 160 valence electrons. The molecule has 2 N–H and O–H groups in total. The van der Waals surface area contributed by atoms with Crippen LogP contribution >= 0.6 is 0 Å². The molecule has 6 heteroatoms. The van der Waals surface area contributed by atoms with Crippen molar-refractivity contribution < 1.29 is 9.59 Å². The highest BCUT2D eigenvalue weighted by atomic mass is 16.2. The average molecular weight is 409 g/mol. The van der Waals surface area contributed by atoms with Crippen LogP contribution in [0.2, 0.25) is 0 Å². The first-order chi connectivity index (χ1) is 14.3. The molecule has 1 heterocycles. The highest BCUT2D eigenvalue weighted by molar-refractivity contribution is 5.96. The van der Waals surface area contributed by atoms with Crippen molar-refractivity contribution in [3.63, 3.8) is 0 Å². The van der Waals surface area contributed by atoms with Gasteiger partial charge in [0.05, 0.1) is 6.54 Å². The Bertz CT molecular complexity index is 906. The molecule has 2 aromatic carbocycles. The van der Waals surface area contributed by atoms with Gasteiger partial charge in [-0.15, -0.1) is 0 Å². The normalized spacial score (nSPS) is 14.3. The molecule has 1 atom stereocenters. The number of hydrogen-bond acceptors (Lipinski definition) is 4. The predicted octanol–water partition coefficient (Wildman–Crippen LogP) is 3.80. The second kappa shape index (κ2) is 9.30. The fourth-order valence-electron chi connectivity index (χ4n) is 3.66. The summed E-state index contributed by atoms with van der Waals surface area (Å²) in [6.07, 6.45) is 0. The van der Waals surface area contributed by atoms with Gasteiger partial charge in [-0.2, -0.15) is 0 Å². The van der Waals surface area contributed by atoms with Crippen LogP contribution in [0.5, 0.6) is 0 Å². The topological polar surface area (TPSA) is 64.7 Å². The van der Waals surface area contributed by atoms with E-state index >= 15 is 0 Å². The van der Waals surface area contributed by atoms with E-state index in [1.165, 1.54) is 16.0 Å². The quantitative estimate of drug-likeness (QED) is 0.731. The van der Waals surface area contributed by atoms with Crippen molar-refractivity contribution in [2.24, 2.45) is 5.92 Å². The van der Waals surface area contributed by atoms with Crippen molar-refractivity contribution >= 4 is 23.2 Å². The van der Waals surface area contributed by atoms with E-state index in [9.17, 15) is 9.59 Å². The van der Waals surface area contributed by atoms with Crippen molar-refractivity contribution in [2.45, 2.75) is 39.9 Å². The molecule has 3 rings (SSSR count). The van der Waals surface area contributed by atoms with Gasteiger partial charge in [0, 0.05) is 50.2 Å². The summed E-state index contributed by atoms with van der Waals surface area (Å²) in [5.41, 5.74) is 4.90. The van der Waals surface area contributed by atoms with Crippen molar-refractivity contribution in [1.82, 2.24) is 9.80 Å². The molecule has 0 fully saturated rings. The fraction of sp³-hybridized carbons (Fsp3) is 0.417. The lowest BCUT2D eigenvalue weighted by Crippen LogP contribution is -2.32. The van der Waals surface area contributed by atoms with Gasteiger partial charge < -0.3 is 15.5 Å². The summed E-state index contributed by atoms with van der Waals surface area (Å²) < 4.78 is 0. The van der Waals surface area contributed by atoms with Crippen LogP contribution in [0.25, 0.3) is 0 Å². The number of hydrogen-bond donors (Lipinski definition) is 2. The van der Waals surface area contributed by atoms with Gasteiger partial charge in [0.25, 0.3) is 5.91 Å². The van der Waals surface area contributed by atoms with Crippen LogP contribution in [0.15, 0.2) is 42.5 Å². The van der Waals surface area contributed by atoms with E-state index in [0.29, 0.717) is 23.2 Å². The first-order valence-corrected chi connectivity index (χ1v) is 10.5. The SMILES string of the molecule is CC(C)C(C)N1Cc2cccc(NCC(=O)Nc3ccc(C(=O)N(C)C)cc3)c2C1. The van der Waals surface area contributed by atoms with Crippen LogP contribution in [0.1, 0.15) is 42.3 Å². The van der Waals surface area contributed by atoms with Gasteiger partial charge in [-0.05, 0) is 54.3 Å². The number of carbonyl (C=O) groups excluding carboxylic acids is 2. The van der Waals surface area contributed by atoms with E-state index in [4.69, 9.17) is 0 Å². The fourth-order valence-corrected chi connectivity index (χ4v) is 3.66. The summed E-state index contributed by atoms with van der Waals surface area (Å²) in [4.78, 5) is 28.4. The molecule has 0 radical (unpaired) electrons. The number of nitrogens with one attached hydrogen (secondary N) is 2. The molecular formula is C24H32N4O2. The molecule has 1 aliphatic rings. The highest BCUT2D eigenvalue weighted by Gasteiger charge is 2.26. The third-order valence-corrected chi connectivity index (χ3v) is 5.81. The first kappa shape index (κ1) is 21.8. The number of anilines is 2. The third kappa shape index (κ3) is 5.00. The highest BCUT2D eigenvalue weighted by Crippen LogP contribution is 2.31. The van der Waals surface area contributed by atoms with E-state index in [-0.39, 0.29) is 18.4 Å². The molecule has 0 saturated heterocycles. The van der Waals surface area contributed by atoms with E-state index < -0.39 is 0 Å². The molecule has 1 aliphatic heterocycles. The van der Waals surface area contributed by atoms with Gasteiger partial charge in [-0.3, -0.25) is 14.5 Å². The van der Waals surface area contributed by atoms with Gasteiger partial charge in [0.15, 0.2) is 0 Å². The van der Waals surface area contributed by atoms with E-state index in [1.54, 1.807) is 38.4 Å². The molecule has 0 bridgehead atoms. The molecule has 2 amide bonds. The van der Waals surface area contributed by atoms with Gasteiger partial charge in [0.1, 0.15) is 0 Å². The third-order valence-electron chi connectivity index (χ3n) is 5.81. The number of carbonyl (C=O) groups is 2. The average Bonchev–Trinajstić information content (AvgIpc) is 3.16. The Morgan fingerprint density at radius 1 is 1.03 bits per heavy atom. The Hall–Kier alpha value is -2.86. The van der Waals surface area contributed by atoms with Gasteiger partial charge in [-0.25, -0.2) is 0 Å². The molecule has 0 aromatic heterocycles. The Morgan fingerprint density at radius 3 is 2.37 bits per heavy atom. The number of fused-ring (bicyclic) bond motifs is 1. The van der Waals surface area contributed by atoms with Crippen LogP contribution in [0.3, 0.4) is 0 Å². The maximum atomic E-state index is 12.4. The Labute approximate surface area is 179 Å². The minimum absolute atomic E-state index is 0.0618. The second-order valence-electron chi connectivity index (χ2n) is 8.51.